The van der Waals surface area contributed by atoms with Gasteiger partial charge in [0.15, 0.2) is 5.78 Å². The molecule has 138 valence electrons. The predicted molar refractivity (Wildman–Crippen MR) is 96.0 cm³/mol. The Morgan fingerprint density at radius 2 is 2.04 bits per heavy atom. The van der Waals surface area contributed by atoms with E-state index < -0.39 is 5.09 Å². The zero-order valence-electron chi connectivity index (χ0n) is 15.4. The van der Waals surface area contributed by atoms with Gasteiger partial charge in [-0.25, -0.2) is 4.84 Å². The molecule has 0 bridgehead atoms. The van der Waals surface area contributed by atoms with Crippen LogP contribution < -0.4 is 0 Å². The van der Waals surface area contributed by atoms with Gasteiger partial charge in [-0.15, -0.1) is 10.1 Å². The standard InChI is InChI=1S/C21H25NO4/c1-20-11-8-19-17(5-3-15-13-16(23)7-10-21(15,19)2)18(20)6-4-14(20)9-12-26-22(24)25/h3,5,13-14,17-19H,4,6-8,10-11H2,1-2H3/t14-,17-,18-,19-,20+,21-/m0/s1. The molecule has 4 rings (SSSR count). The number of carbonyl (C=O) groups is 1. The highest BCUT2D eigenvalue weighted by atomic mass is 16.9. The van der Waals surface area contributed by atoms with Gasteiger partial charge < -0.3 is 0 Å². The van der Waals surface area contributed by atoms with Crippen LogP contribution in [0.4, 0.5) is 0 Å². The van der Waals surface area contributed by atoms with Gasteiger partial charge in [-0.2, -0.15) is 0 Å². The lowest BCUT2D eigenvalue weighted by molar-refractivity contribution is -0.731. The minimum absolute atomic E-state index is 0.0839. The summed E-state index contributed by atoms with van der Waals surface area (Å²) < 4.78 is 0. The lowest BCUT2D eigenvalue weighted by atomic mass is 9.48. The predicted octanol–water partition coefficient (Wildman–Crippen LogP) is 4.08. The highest BCUT2D eigenvalue weighted by Crippen LogP contribution is 2.64. The summed E-state index contributed by atoms with van der Waals surface area (Å²) in [5.74, 6) is 5.06. The number of rotatable bonds is 1. The van der Waals surface area contributed by atoms with Gasteiger partial charge in [-0.05, 0) is 72.3 Å². The molecule has 0 aromatic rings. The van der Waals surface area contributed by atoms with Gasteiger partial charge in [0.05, 0.1) is 6.11 Å². The van der Waals surface area contributed by atoms with E-state index in [0.717, 1.165) is 32.1 Å². The van der Waals surface area contributed by atoms with E-state index in [-0.39, 0.29) is 22.5 Å². The third-order valence-electron chi connectivity index (χ3n) is 7.87. The molecule has 4 aliphatic rings. The van der Waals surface area contributed by atoms with E-state index >= 15 is 0 Å². The molecule has 0 aliphatic heterocycles. The van der Waals surface area contributed by atoms with Gasteiger partial charge in [0.1, 0.15) is 0 Å². The van der Waals surface area contributed by atoms with Crippen molar-refractivity contribution in [3.8, 4) is 12.0 Å². The Morgan fingerprint density at radius 3 is 2.81 bits per heavy atom. The maximum absolute atomic E-state index is 11.9. The van der Waals surface area contributed by atoms with Gasteiger partial charge in [-0.1, -0.05) is 31.9 Å². The first kappa shape index (κ1) is 17.3. The van der Waals surface area contributed by atoms with Crippen LogP contribution in [0.3, 0.4) is 0 Å². The van der Waals surface area contributed by atoms with Crippen LogP contribution in [0.1, 0.15) is 52.4 Å². The number of carbonyl (C=O) groups excluding carboxylic acids is 1. The molecule has 0 aromatic carbocycles. The Hall–Kier alpha value is -2.09. The van der Waals surface area contributed by atoms with Crippen molar-refractivity contribution < 1.29 is 14.7 Å². The van der Waals surface area contributed by atoms with Crippen molar-refractivity contribution in [1.82, 2.24) is 0 Å². The van der Waals surface area contributed by atoms with Crippen LogP contribution in [0.25, 0.3) is 0 Å². The van der Waals surface area contributed by atoms with Crippen molar-refractivity contribution >= 4 is 5.78 Å². The fraction of sp³-hybridized carbons (Fsp3) is 0.667. The van der Waals surface area contributed by atoms with Crippen LogP contribution >= 0.6 is 0 Å². The lowest BCUT2D eigenvalue weighted by Crippen LogP contribution is -2.48. The van der Waals surface area contributed by atoms with E-state index in [1.54, 1.807) is 0 Å². The molecule has 26 heavy (non-hydrogen) atoms. The van der Waals surface area contributed by atoms with Crippen LogP contribution in [0.2, 0.25) is 0 Å². The lowest BCUT2D eigenvalue weighted by Gasteiger charge is -2.55. The van der Waals surface area contributed by atoms with Gasteiger partial charge in [0.25, 0.3) is 0 Å². The third kappa shape index (κ3) is 2.50. The number of fused-ring (bicyclic) bond motifs is 5. The number of ketones is 1. The zero-order valence-corrected chi connectivity index (χ0v) is 15.4. The maximum Gasteiger partial charge on any atom is 0.308 e. The molecule has 5 heteroatoms. The fourth-order valence-electron chi connectivity index (χ4n) is 6.37. The second kappa shape index (κ2) is 5.97. The minimum atomic E-state index is -0.846. The monoisotopic (exact) mass is 355 g/mol. The average molecular weight is 355 g/mol. The maximum atomic E-state index is 11.9. The topological polar surface area (TPSA) is 69.4 Å². The van der Waals surface area contributed by atoms with Crippen molar-refractivity contribution in [1.29, 1.82) is 0 Å². The quantitative estimate of drug-likeness (QED) is 0.404. The summed E-state index contributed by atoms with van der Waals surface area (Å²) >= 11 is 0. The van der Waals surface area contributed by atoms with Crippen molar-refractivity contribution in [2.45, 2.75) is 52.4 Å². The SMILES string of the molecule is C[C@]12CC[C@H]3[C@@H](C=CC4=CC(=O)CC[C@@]43C)[C@@H]1CC[C@H]2C#CO[N+](=O)[O-]. The van der Waals surface area contributed by atoms with Crippen LogP contribution in [-0.4, -0.2) is 10.9 Å². The Morgan fingerprint density at radius 1 is 1.23 bits per heavy atom. The van der Waals surface area contributed by atoms with Crippen molar-refractivity contribution in [2.24, 2.45) is 34.5 Å². The van der Waals surface area contributed by atoms with Crippen LogP contribution in [0, 0.1) is 56.6 Å². The summed E-state index contributed by atoms with van der Waals surface area (Å²) in [6, 6.07) is 0. The molecule has 0 spiro atoms. The zero-order chi connectivity index (χ0) is 18.5. The smallest absolute Gasteiger partial charge is 0.295 e. The van der Waals surface area contributed by atoms with Gasteiger partial charge in [-0.3, -0.25) is 4.79 Å². The molecule has 2 fully saturated rings. The Kier molecular flexibility index (Phi) is 3.98. The Balaban J connectivity index is 1.62. The second-order valence-corrected chi connectivity index (χ2v) is 8.87. The number of nitrogens with zero attached hydrogens (tertiary/aromatic N) is 1. The molecule has 0 heterocycles. The largest absolute Gasteiger partial charge is 0.308 e. The molecule has 0 saturated heterocycles. The number of allylic oxidation sites excluding steroid dienone is 4. The molecule has 6 atom stereocenters. The molecule has 5 nitrogen and oxygen atoms in total. The van der Waals surface area contributed by atoms with E-state index in [0.29, 0.717) is 24.2 Å². The third-order valence-corrected chi connectivity index (χ3v) is 7.87. The minimum Gasteiger partial charge on any atom is -0.295 e. The summed E-state index contributed by atoms with van der Waals surface area (Å²) in [7, 11) is 0. The summed E-state index contributed by atoms with van der Waals surface area (Å²) in [6.45, 7) is 4.64. The molecule has 0 amide bonds. The molecular weight excluding hydrogens is 330 g/mol. The first-order valence-electron chi connectivity index (χ1n) is 9.60. The molecule has 0 radical (unpaired) electrons. The summed E-state index contributed by atoms with van der Waals surface area (Å²) in [5, 5.41) is 9.51. The van der Waals surface area contributed by atoms with E-state index in [4.69, 9.17) is 0 Å². The normalized spacial score (nSPS) is 43.3. The average Bonchev–Trinajstić information content (AvgIpc) is 2.92. The van der Waals surface area contributed by atoms with E-state index in [9.17, 15) is 14.9 Å². The highest BCUT2D eigenvalue weighted by molar-refractivity contribution is 5.92. The van der Waals surface area contributed by atoms with E-state index in [1.165, 1.54) is 5.57 Å². The van der Waals surface area contributed by atoms with Crippen molar-refractivity contribution in [3.05, 3.63) is 33.9 Å². The molecular formula is C21H25NO4. The van der Waals surface area contributed by atoms with Crippen LogP contribution in [0.5, 0.6) is 0 Å². The van der Waals surface area contributed by atoms with Gasteiger partial charge in [0, 0.05) is 12.3 Å². The van der Waals surface area contributed by atoms with Crippen LogP contribution in [-0.2, 0) is 9.63 Å². The van der Waals surface area contributed by atoms with Gasteiger partial charge in [0.2, 0.25) is 0 Å². The molecule has 4 aliphatic carbocycles. The Labute approximate surface area is 154 Å². The molecule has 0 aromatic heterocycles. The highest BCUT2D eigenvalue weighted by Gasteiger charge is 2.57. The van der Waals surface area contributed by atoms with Crippen molar-refractivity contribution in [2.75, 3.05) is 0 Å². The number of hydrogen-bond donors (Lipinski definition) is 0. The molecule has 0 N–H and O–H groups in total. The summed E-state index contributed by atoms with van der Waals surface area (Å²) in [5.41, 5.74) is 1.40. The van der Waals surface area contributed by atoms with Gasteiger partial charge >= 0.3 is 5.09 Å². The molecule has 0 unspecified atom stereocenters. The van der Waals surface area contributed by atoms with E-state index in [2.05, 4.69) is 42.9 Å². The first-order valence-corrected chi connectivity index (χ1v) is 9.60. The number of hydrogen-bond acceptors (Lipinski definition) is 4. The first-order chi connectivity index (χ1) is 12.3. The van der Waals surface area contributed by atoms with Crippen molar-refractivity contribution in [3.63, 3.8) is 0 Å². The summed E-state index contributed by atoms with van der Waals surface area (Å²) in [6.07, 6.45) is 14.6. The second-order valence-electron chi connectivity index (χ2n) is 8.87. The Bertz CT molecular complexity index is 773. The summed E-state index contributed by atoms with van der Waals surface area (Å²) in [4.78, 5) is 26.5. The molecule has 2 saturated carbocycles. The van der Waals surface area contributed by atoms with E-state index in [1.807, 2.05) is 6.08 Å². The van der Waals surface area contributed by atoms with Crippen LogP contribution in [0.15, 0.2) is 23.8 Å². The fourth-order valence-corrected chi connectivity index (χ4v) is 6.37.